The van der Waals surface area contributed by atoms with Gasteiger partial charge in [-0.15, -0.1) is 11.3 Å². The molecule has 1 aromatic carbocycles. The zero-order chi connectivity index (χ0) is 14.5. The first-order chi connectivity index (χ1) is 9.69. The van der Waals surface area contributed by atoms with Crippen LogP contribution in [0.5, 0.6) is 0 Å². The largest absolute Gasteiger partial charge is 0.305 e. The fourth-order valence-electron chi connectivity index (χ4n) is 2.40. The lowest BCUT2D eigenvalue weighted by Crippen LogP contribution is -2.21. The molecule has 0 saturated carbocycles. The van der Waals surface area contributed by atoms with E-state index in [1.54, 1.807) is 0 Å². The molecule has 0 bridgehead atoms. The van der Waals surface area contributed by atoms with Crippen molar-refractivity contribution in [1.29, 1.82) is 0 Å². The summed E-state index contributed by atoms with van der Waals surface area (Å²) >= 11 is 1.82. The zero-order valence-corrected chi connectivity index (χ0v) is 13.7. The van der Waals surface area contributed by atoms with Gasteiger partial charge in [0.25, 0.3) is 0 Å². The number of nitrogens with zero attached hydrogens (tertiary/aromatic N) is 1. The van der Waals surface area contributed by atoms with Crippen LogP contribution in [0, 0.1) is 6.92 Å². The van der Waals surface area contributed by atoms with Crippen LogP contribution in [0.3, 0.4) is 0 Å². The normalized spacial score (nSPS) is 12.6. The molecular weight excluding hydrogens is 264 g/mol. The Morgan fingerprint density at radius 1 is 1.10 bits per heavy atom. The van der Waals surface area contributed by atoms with Crippen LogP contribution in [-0.4, -0.2) is 11.5 Å². The van der Waals surface area contributed by atoms with E-state index in [1.165, 1.54) is 26.7 Å². The van der Waals surface area contributed by atoms with Crippen molar-refractivity contribution >= 4 is 11.3 Å². The number of rotatable bonds is 6. The zero-order valence-electron chi connectivity index (χ0n) is 12.9. The van der Waals surface area contributed by atoms with E-state index in [4.69, 9.17) is 4.98 Å². The van der Waals surface area contributed by atoms with E-state index in [0.29, 0.717) is 0 Å². The first-order valence-electron chi connectivity index (χ1n) is 7.47. The lowest BCUT2D eigenvalue weighted by atomic mass is 10.0. The minimum absolute atomic E-state index is 0.218. The molecule has 2 nitrogen and oxygen atoms in total. The summed E-state index contributed by atoms with van der Waals surface area (Å²) in [7, 11) is 0. The Morgan fingerprint density at radius 2 is 1.80 bits per heavy atom. The summed E-state index contributed by atoms with van der Waals surface area (Å²) in [4.78, 5) is 6.17. The van der Waals surface area contributed by atoms with Gasteiger partial charge in [-0.1, -0.05) is 45.0 Å². The Balaban J connectivity index is 2.33. The van der Waals surface area contributed by atoms with Crippen molar-refractivity contribution in [2.45, 2.75) is 46.6 Å². The maximum absolute atomic E-state index is 4.82. The summed E-state index contributed by atoms with van der Waals surface area (Å²) in [5.41, 5.74) is 3.92. The van der Waals surface area contributed by atoms with Crippen molar-refractivity contribution < 1.29 is 0 Å². The molecule has 2 aromatic rings. The van der Waals surface area contributed by atoms with Crippen molar-refractivity contribution in [3.63, 3.8) is 0 Å². The van der Waals surface area contributed by atoms with Crippen LogP contribution in [0.1, 0.15) is 53.5 Å². The Morgan fingerprint density at radius 3 is 2.30 bits per heavy atom. The minimum atomic E-state index is 0.218. The SMILES string of the molecule is CCNC(c1ccc(CC)cc1)c1nc(CC)c(C)s1. The summed E-state index contributed by atoms with van der Waals surface area (Å²) in [6.45, 7) is 9.62. The average molecular weight is 288 g/mol. The Labute approximate surface area is 126 Å². The summed E-state index contributed by atoms with van der Waals surface area (Å²) in [5.74, 6) is 0. The molecule has 0 aliphatic rings. The summed E-state index contributed by atoms with van der Waals surface area (Å²) in [5, 5.41) is 4.75. The van der Waals surface area contributed by atoms with E-state index in [-0.39, 0.29) is 6.04 Å². The molecule has 1 N–H and O–H groups in total. The predicted octanol–water partition coefficient (Wildman–Crippen LogP) is 4.28. The first kappa shape index (κ1) is 15.2. The third-order valence-corrected chi connectivity index (χ3v) is 4.70. The molecular formula is C17H24N2S. The van der Waals surface area contributed by atoms with Gasteiger partial charge in [0.15, 0.2) is 0 Å². The average Bonchev–Trinajstić information content (AvgIpc) is 2.85. The van der Waals surface area contributed by atoms with Gasteiger partial charge >= 0.3 is 0 Å². The second-order valence-corrected chi connectivity index (χ2v) is 6.23. The fourth-order valence-corrected chi connectivity index (χ4v) is 3.51. The second-order valence-electron chi connectivity index (χ2n) is 4.99. The topological polar surface area (TPSA) is 24.9 Å². The molecule has 0 aliphatic carbocycles. The van der Waals surface area contributed by atoms with Crippen LogP contribution in [0.2, 0.25) is 0 Å². The number of hydrogen-bond donors (Lipinski definition) is 1. The maximum Gasteiger partial charge on any atom is 0.115 e. The molecule has 1 aromatic heterocycles. The monoisotopic (exact) mass is 288 g/mol. The highest BCUT2D eigenvalue weighted by atomic mass is 32.1. The van der Waals surface area contributed by atoms with E-state index < -0.39 is 0 Å². The van der Waals surface area contributed by atoms with Gasteiger partial charge in [0.1, 0.15) is 5.01 Å². The highest BCUT2D eigenvalue weighted by Crippen LogP contribution is 2.28. The van der Waals surface area contributed by atoms with E-state index in [1.807, 2.05) is 11.3 Å². The fraction of sp³-hybridized carbons (Fsp3) is 0.471. The van der Waals surface area contributed by atoms with Gasteiger partial charge in [0.2, 0.25) is 0 Å². The van der Waals surface area contributed by atoms with Crippen LogP contribution in [-0.2, 0) is 12.8 Å². The molecule has 0 fully saturated rings. The number of nitrogens with one attached hydrogen (secondary N) is 1. The molecule has 108 valence electrons. The van der Waals surface area contributed by atoms with Crippen molar-refractivity contribution in [3.05, 3.63) is 51.0 Å². The molecule has 2 rings (SSSR count). The molecule has 0 aliphatic heterocycles. The number of aryl methyl sites for hydroxylation is 3. The van der Waals surface area contributed by atoms with Gasteiger partial charge < -0.3 is 5.32 Å². The number of benzene rings is 1. The molecule has 1 heterocycles. The third kappa shape index (κ3) is 3.28. The van der Waals surface area contributed by atoms with Gasteiger partial charge in [-0.3, -0.25) is 0 Å². The predicted molar refractivity (Wildman–Crippen MR) is 87.6 cm³/mol. The quantitative estimate of drug-likeness (QED) is 0.858. The van der Waals surface area contributed by atoms with Crippen LogP contribution in [0.25, 0.3) is 0 Å². The van der Waals surface area contributed by atoms with Crippen molar-refractivity contribution in [2.24, 2.45) is 0 Å². The number of hydrogen-bond acceptors (Lipinski definition) is 3. The smallest absolute Gasteiger partial charge is 0.115 e. The van der Waals surface area contributed by atoms with Gasteiger partial charge in [-0.25, -0.2) is 4.98 Å². The number of thiazole rings is 1. The van der Waals surface area contributed by atoms with E-state index >= 15 is 0 Å². The molecule has 0 saturated heterocycles. The summed E-state index contributed by atoms with van der Waals surface area (Å²) in [6.07, 6.45) is 2.10. The molecule has 1 atom stereocenters. The summed E-state index contributed by atoms with van der Waals surface area (Å²) in [6, 6.07) is 9.13. The first-order valence-corrected chi connectivity index (χ1v) is 8.29. The van der Waals surface area contributed by atoms with Crippen molar-refractivity contribution in [1.82, 2.24) is 10.3 Å². The van der Waals surface area contributed by atoms with Gasteiger partial charge in [0, 0.05) is 4.88 Å². The molecule has 3 heteroatoms. The highest BCUT2D eigenvalue weighted by Gasteiger charge is 2.18. The van der Waals surface area contributed by atoms with E-state index in [9.17, 15) is 0 Å². The molecule has 0 spiro atoms. The lowest BCUT2D eigenvalue weighted by molar-refractivity contribution is 0.625. The van der Waals surface area contributed by atoms with Crippen molar-refractivity contribution in [3.8, 4) is 0 Å². The minimum Gasteiger partial charge on any atom is -0.305 e. The summed E-state index contributed by atoms with van der Waals surface area (Å²) < 4.78 is 0. The van der Waals surface area contributed by atoms with E-state index in [0.717, 1.165) is 19.4 Å². The molecule has 0 radical (unpaired) electrons. The van der Waals surface area contributed by atoms with Gasteiger partial charge in [0.05, 0.1) is 11.7 Å². The Hall–Kier alpha value is -1.19. The third-order valence-electron chi connectivity index (χ3n) is 3.62. The van der Waals surface area contributed by atoms with Crippen LogP contribution >= 0.6 is 11.3 Å². The molecule has 20 heavy (non-hydrogen) atoms. The highest BCUT2D eigenvalue weighted by molar-refractivity contribution is 7.11. The molecule has 1 unspecified atom stereocenters. The maximum atomic E-state index is 4.82. The molecule has 0 amide bonds. The van der Waals surface area contributed by atoms with E-state index in [2.05, 4.69) is 57.3 Å². The van der Waals surface area contributed by atoms with Crippen LogP contribution in [0.4, 0.5) is 0 Å². The Bertz CT molecular complexity index is 543. The van der Waals surface area contributed by atoms with Gasteiger partial charge in [-0.05, 0) is 37.4 Å². The van der Waals surface area contributed by atoms with Gasteiger partial charge in [-0.2, -0.15) is 0 Å². The van der Waals surface area contributed by atoms with Crippen LogP contribution < -0.4 is 5.32 Å². The lowest BCUT2D eigenvalue weighted by Gasteiger charge is -2.16. The standard InChI is InChI=1S/C17H24N2S/c1-5-13-8-10-14(11-9-13)16(18-7-3)17-19-15(6-2)12(4)20-17/h8-11,16,18H,5-7H2,1-4H3. The Kier molecular flexibility index (Phi) is 5.32. The second kappa shape index (κ2) is 7.00. The van der Waals surface area contributed by atoms with Crippen LogP contribution in [0.15, 0.2) is 24.3 Å². The number of aromatic nitrogens is 1. The van der Waals surface area contributed by atoms with Crippen molar-refractivity contribution in [2.75, 3.05) is 6.54 Å².